The number of carbonyl (C=O) groups is 3. The summed E-state index contributed by atoms with van der Waals surface area (Å²) in [6.07, 6.45) is 4.77. The van der Waals surface area contributed by atoms with E-state index >= 15 is 0 Å². The molecule has 5 nitrogen and oxygen atoms in total. The van der Waals surface area contributed by atoms with Gasteiger partial charge in [-0.1, -0.05) is 19.8 Å². The predicted octanol–water partition coefficient (Wildman–Crippen LogP) is 3.44. The van der Waals surface area contributed by atoms with Crippen LogP contribution in [0.3, 0.4) is 0 Å². The fourth-order valence-electron chi connectivity index (χ4n) is 3.50. The highest BCUT2D eigenvalue weighted by Gasteiger charge is 2.50. The normalized spacial score (nSPS) is 24.4. The molecular weight excluding hydrogens is 296 g/mol. The Morgan fingerprint density at radius 3 is 2.48 bits per heavy atom. The summed E-state index contributed by atoms with van der Waals surface area (Å²) in [5, 5.41) is 0. The molecule has 0 N–H and O–H groups in total. The topological polar surface area (TPSA) is 69.7 Å². The summed E-state index contributed by atoms with van der Waals surface area (Å²) in [4.78, 5) is 36.4. The van der Waals surface area contributed by atoms with E-state index < -0.39 is 5.41 Å². The van der Waals surface area contributed by atoms with Gasteiger partial charge in [0.1, 0.15) is 11.2 Å². The summed E-state index contributed by atoms with van der Waals surface area (Å²) in [6.45, 7) is 7.21. The molecule has 0 bridgehead atoms. The van der Waals surface area contributed by atoms with Gasteiger partial charge in [0.2, 0.25) is 0 Å². The summed E-state index contributed by atoms with van der Waals surface area (Å²) < 4.78 is 10.4. The minimum atomic E-state index is -1.03. The lowest BCUT2D eigenvalue weighted by molar-refractivity contribution is -0.165. The molecule has 0 radical (unpaired) electrons. The maximum atomic E-state index is 12.7. The summed E-state index contributed by atoms with van der Waals surface area (Å²) in [5.41, 5.74) is -1.03. The van der Waals surface area contributed by atoms with E-state index in [4.69, 9.17) is 9.47 Å². The lowest BCUT2D eigenvalue weighted by atomic mass is 9.68. The molecule has 0 aromatic heterocycles. The molecule has 0 spiro atoms. The van der Waals surface area contributed by atoms with Crippen LogP contribution in [-0.2, 0) is 23.9 Å². The van der Waals surface area contributed by atoms with Crippen molar-refractivity contribution < 1.29 is 23.9 Å². The van der Waals surface area contributed by atoms with Gasteiger partial charge in [-0.2, -0.15) is 0 Å². The Labute approximate surface area is 139 Å². The molecule has 132 valence electrons. The molecule has 23 heavy (non-hydrogen) atoms. The van der Waals surface area contributed by atoms with Crippen molar-refractivity contribution in [3.8, 4) is 0 Å². The number of hydrogen-bond acceptors (Lipinski definition) is 5. The van der Waals surface area contributed by atoms with Crippen LogP contribution in [0.4, 0.5) is 0 Å². The molecule has 1 saturated carbocycles. The SMILES string of the molecule is CCOC(=O)C1(C(C)CCC(C)OC(C)=O)CCCCCC1=O. The van der Waals surface area contributed by atoms with Gasteiger partial charge >= 0.3 is 11.9 Å². The van der Waals surface area contributed by atoms with E-state index in [1.165, 1.54) is 6.92 Å². The van der Waals surface area contributed by atoms with Gasteiger partial charge in [-0.3, -0.25) is 14.4 Å². The van der Waals surface area contributed by atoms with Crippen LogP contribution in [-0.4, -0.2) is 30.4 Å². The van der Waals surface area contributed by atoms with E-state index in [1.54, 1.807) is 6.92 Å². The zero-order valence-corrected chi connectivity index (χ0v) is 14.9. The molecule has 0 heterocycles. The van der Waals surface area contributed by atoms with Crippen LogP contribution in [0.2, 0.25) is 0 Å². The first-order valence-electron chi connectivity index (χ1n) is 8.72. The van der Waals surface area contributed by atoms with E-state index in [0.717, 1.165) is 19.3 Å². The molecule has 3 atom stereocenters. The van der Waals surface area contributed by atoms with E-state index in [1.807, 2.05) is 13.8 Å². The van der Waals surface area contributed by atoms with Gasteiger partial charge in [-0.25, -0.2) is 0 Å². The molecular formula is C18H30O5. The molecule has 3 unspecified atom stereocenters. The van der Waals surface area contributed by atoms with Gasteiger partial charge in [0.25, 0.3) is 0 Å². The smallest absolute Gasteiger partial charge is 0.319 e. The van der Waals surface area contributed by atoms with E-state index in [9.17, 15) is 14.4 Å². The summed E-state index contributed by atoms with van der Waals surface area (Å²) in [5.74, 6) is -0.790. The van der Waals surface area contributed by atoms with Crippen molar-refractivity contribution in [3.05, 3.63) is 0 Å². The van der Waals surface area contributed by atoms with Crippen molar-refractivity contribution in [3.63, 3.8) is 0 Å². The highest BCUT2D eigenvalue weighted by atomic mass is 16.5. The van der Waals surface area contributed by atoms with Gasteiger partial charge in [0.15, 0.2) is 0 Å². The van der Waals surface area contributed by atoms with Crippen LogP contribution in [0.1, 0.15) is 72.6 Å². The standard InChI is InChI=1S/C18H30O5/c1-5-22-17(21)18(12-8-6-7-9-16(18)20)13(2)10-11-14(3)23-15(4)19/h13-14H,5-12H2,1-4H3. The average molecular weight is 326 g/mol. The van der Waals surface area contributed by atoms with Gasteiger partial charge in [0, 0.05) is 13.3 Å². The van der Waals surface area contributed by atoms with E-state index in [0.29, 0.717) is 25.7 Å². The number of Topliss-reactive ketones (excluding diaryl/α,β-unsaturated/α-hetero) is 1. The minimum absolute atomic E-state index is 0.0149. The van der Waals surface area contributed by atoms with Crippen molar-refractivity contribution in [2.45, 2.75) is 78.7 Å². The molecule has 0 aromatic rings. The number of ketones is 1. The lowest BCUT2D eigenvalue weighted by Crippen LogP contribution is -2.45. The van der Waals surface area contributed by atoms with Gasteiger partial charge < -0.3 is 9.47 Å². The zero-order chi connectivity index (χ0) is 17.5. The van der Waals surface area contributed by atoms with Crippen LogP contribution in [0.25, 0.3) is 0 Å². The minimum Gasteiger partial charge on any atom is -0.465 e. The Bertz CT molecular complexity index is 431. The van der Waals surface area contributed by atoms with Crippen LogP contribution < -0.4 is 0 Å². The Kier molecular flexibility index (Phi) is 7.73. The molecule has 1 fully saturated rings. The molecule has 1 aliphatic carbocycles. The Morgan fingerprint density at radius 1 is 1.17 bits per heavy atom. The Morgan fingerprint density at radius 2 is 1.87 bits per heavy atom. The highest BCUT2D eigenvalue weighted by molar-refractivity contribution is 6.04. The van der Waals surface area contributed by atoms with Crippen LogP contribution in [0.15, 0.2) is 0 Å². The molecule has 1 aliphatic rings. The van der Waals surface area contributed by atoms with Crippen LogP contribution in [0, 0.1) is 11.3 Å². The number of ether oxygens (including phenoxy) is 2. The fourth-order valence-corrected chi connectivity index (χ4v) is 3.50. The quantitative estimate of drug-likeness (QED) is 0.407. The second-order valence-corrected chi connectivity index (χ2v) is 6.57. The third-order valence-corrected chi connectivity index (χ3v) is 4.83. The van der Waals surface area contributed by atoms with Gasteiger partial charge in [-0.15, -0.1) is 0 Å². The average Bonchev–Trinajstić information content (AvgIpc) is 2.67. The number of rotatable bonds is 7. The van der Waals surface area contributed by atoms with Crippen LogP contribution in [0.5, 0.6) is 0 Å². The molecule has 1 rings (SSSR count). The first kappa shape index (κ1) is 19.7. The van der Waals surface area contributed by atoms with Gasteiger partial charge in [0.05, 0.1) is 12.7 Å². The maximum Gasteiger partial charge on any atom is 0.319 e. The highest BCUT2D eigenvalue weighted by Crippen LogP contribution is 2.42. The van der Waals surface area contributed by atoms with Crippen molar-refractivity contribution in [2.75, 3.05) is 6.61 Å². The molecule has 0 aromatic carbocycles. The molecule has 0 saturated heterocycles. The van der Waals surface area contributed by atoms with Crippen molar-refractivity contribution in [1.82, 2.24) is 0 Å². The molecule has 0 aliphatic heterocycles. The predicted molar refractivity (Wildman–Crippen MR) is 86.8 cm³/mol. The monoisotopic (exact) mass is 326 g/mol. The third kappa shape index (κ3) is 5.05. The number of hydrogen-bond donors (Lipinski definition) is 0. The second kappa shape index (κ2) is 9.04. The number of carbonyl (C=O) groups excluding carboxylic acids is 3. The summed E-state index contributed by atoms with van der Waals surface area (Å²) in [6, 6.07) is 0. The maximum absolute atomic E-state index is 12.7. The lowest BCUT2D eigenvalue weighted by Gasteiger charge is -2.35. The largest absolute Gasteiger partial charge is 0.465 e. The van der Waals surface area contributed by atoms with Crippen molar-refractivity contribution >= 4 is 17.7 Å². The van der Waals surface area contributed by atoms with E-state index in [-0.39, 0.29) is 36.4 Å². The zero-order valence-electron chi connectivity index (χ0n) is 14.9. The second-order valence-electron chi connectivity index (χ2n) is 6.57. The first-order chi connectivity index (χ1) is 10.8. The Hall–Kier alpha value is -1.39. The fraction of sp³-hybridized carbons (Fsp3) is 0.833. The van der Waals surface area contributed by atoms with Crippen molar-refractivity contribution in [2.24, 2.45) is 11.3 Å². The third-order valence-electron chi connectivity index (χ3n) is 4.83. The number of esters is 2. The first-order valence-corrected chi connectivity index (χ1v) is 8.72. The van der Waals surface area contributed by atoms with E-state index in [2.05, 4.69) is 0 Å². The summed E-state index contributed by atoms with van der Waals surface area (Å²) >= 11 is 0. The summed E-state index contributed by atoms with van der Waals surface area (Å²) in [7, 11) is 0. The molecule has 0 amide bonds. The van der Waals surface area contributed by atoms with Gasteiger partial charge in [-0.05, 0) is 45.4 Å². The van der Waals surface area contributed by atoms with Crippen LogP contribution >= 0.6 is 0 Å². The molecule has 5 heteroatoms. The Balaban J connectivity index is 2.88. The van der Waals surface area contributed by atoms with Crippen molar-refractivity contribution in [1.29, 1.82) is 0 Å².